The number of hydrogen-bond donors (Lipinski definition) is 0. The molecule has 1 aromatic carbocycles. The molecule has 2 nitrogen and oxygen atoms in total. The molecule has 4 rings (SSSR count). The van der Waals surface area contributed by atoms with Crippen molar-refractivity contribution in [3.8, 4) is 5.75 Å². The molecule has 4 heteroatoms. The fourth-order valence-corrected chi connectivity index (χ4v) is 2.58. The molecular weight excluding hydrogens is 352 g/mol. The van der Waals surface area contributed by atoms with Gasteiger partial charge in [-0.2, -0.15) is 0 Å². The summed E-state index contributed by atoms with van der Waals surface area (Å²) < 4.78 is 5.82. The van der Waals surface area contributed by atoms with Gasteiger partial charge >= 0.3 is 17.1 Å². The molecule has 1 atom stereocenters. The van der Waals surface area contributed by atoms with E-state index in [9.17, 15) is 4.79 Å². The maximum absolute atomic E-state index is 12.0. The van der Waals surface area contributed by atoms with Crippen LogP contribution in [0.15, 0.2) is 18.2 Å². The Morgan fingerprint density at radius 1 is 0.957 bits per heavy atom. The first kappa shape index (κ1) is 18.8. The van der Waals surface area contributed by atoms with E-state index in [-0.39, 0.29) is 29.0 Å². The average Bonchev–Trinajstić information content (AvgIpc) is 3.24. The van der Waals surface area contributed by atoms with Gasteiger partial charge in [0.2, 0.25) is 0 Å². The van der Waals surface area contributed by atoms with Crippen molar-refractivity contribution in [3.05, 3.63) is 92.5 Å². The van der Waals surface area contributed by atoms with Crippen LogP contribution >= 0.6 is 11.6 Å². The van der Waals surface area contributed by atoms with Gasteiger partial charge < -0.3 is 4.74 Å². The second-order valence-corrected chi connectivity index (χ2v) is 5.49. The van der Waals surface area contributed by atoms with Crippen molar-refractivity contribution in [1.82, 2.24) is 0 Å². The van der Waals surface area contributed by atoms with Crippen LogP contribution in [0.2, 0.25) is 5.02 Å². The molecule has 3 aliphatic rings. The minimum atomic E-state index is -0.175. The van der Waals surface area contributed by atoms with E-state index in [1.165, 1.54) is 0 Å². The maximum atomic E-state index is 12.0. The van der Waals surface area contributed by atoms with Crippen LogP contribution in [-0.4, -0.2) is 11.9 Å². The summed E-state index contributed by atoms with van der Waals surface area (Å²) in [6, 6.07) is 5.16. The van der Waals surface area contributed by atoms with Gasteiger partial charge in [0.15, 0.2) is 5.78 Å². The Labute approximate surface area is 154 Å². The summed E-state index contributed by atoms with van der Waals surface area (Å²) in [4.78, 5) is 12.0. The molecule has 116 valence electrons. The molecule has 0 amide bonds. The normalized spacial score (nSPS) is 23.3. The zero-order valence-corrected chi connectivity index (χ0v) is 14.1. The number of fused-ring (bicyclic) bond motifs is 1. The molecule has 2 fully saturated rings. The van der Waals surface area contributed by atoms with E-state index in [1.54, 1.807) is 18.2 Å². The molecule has 0 saturated heterocycles. The van der Waals surface area contributed by atoms with Crippen molar-refractivity contribution in [2.45, 2.75) is 12.5 Å². The number of rotatable bonds is 1. The Kier molecular flexibility index (Phi) is 7.46. The van der Waals surface area contributed by atoms with E-state index in [1.807, 2.05) is 57.8 Å². The van der Waals surface area contributed by atoms with Crippen molar-refractivity contribution in [3.63, 3.8) is 0 Å². The summed E-state index contributed by atoms with van der Waals surface area (Å²) in [6.07, 6.45) is 18.0. The van der Waals surface area contributed by atoms with Crippen molar-refractivity contribution in [2.24, 2.45) is 0 Å². The van der Waals surface area contributed by atoms with Crippen molar-refractivity contribution in [2.75, 3.05) is 0 Å². The number of Topliss-reactive ketones (excluding diaryl/α,β-unsaturated/α-hetero) is 1. The monoisotopic (exact) mass is 366 g/mol. The summed E-state index contributed by atoms with van der Waals surface area (Å²) in [6.45, 7) is 0. The van der Waals surface area contributed by atoms with Gasteiger partial charge in [0.1, 0.15) is 11.9 Å². The van der Waals surface area contributed by atoms with Crippen molar-refractivity contribution < 1.29 is 26.6 Å². The van der Waals surface area contributed by atoms with Crippen LogP contribution in [0.3, 0.4) is 0 Å². The minimum absolute atomic E-state index is 0. The average molecular weight is 367 g/mol. The number of halogens is 1. The van der Waals surface area contributed by atoms with E-state index in [2.05, 4.69) is 0 Å². The number of benzene rings is 1. The Morgan fingerprint density at radius 2 is 1.57 bits per heavy atom. The van der Waals surface area contributed by atoms with Crippen LogP contribution in [0.25, 0.3) is 0 Å². The Bertz CT molecular complexity index is 514. The van der Waals surface area contributed by atoms with Gasteiger partial charge in [0.05, 0.1) is 5.56 Å². The van der Waals surface area contributed by atoms with Crippen molar-refractivity contribution in [1.29, 1.82) is 0 Å². The largest absolute Gasteiger partial charge is 2.00 e. The summed E-state index contributed by atoms with van der Waals surface area (Å²) in [5.74, 6) is 1.75. The second-order valence-electron chi connectivity index (χ2n) is 5.05. The van der Waals surface area contributed by atoms with E-state index in [4.69, 9.17) is 16.3 Å². The van der Waals surface area contributed by atoms with E-state index >= 15 is 0 Å². The van der Waals surface area contributed by atoms with E-state index in [0.717, 1.165) is 5.92 Å². The SMILES string of the molecule is O=C1CC([C]2[CH][CH][CH][CH]2)Oc2ccc(Cl)cc21.[CH]1[CH][CH][CH][CH]1.[Fe+2]. The molecule has 2 saturated carbocycles. The Balaban J connectivity index is 0.000000276. The first-order chi connectivity index (χ1) is 10.7. The predicted molar refractivity (Wildman–Crippen MR) is 86.8 cm³/mol. The number of carbonyl (C=O) groups excluding carboxylic acids is 1. The smallest absolute Gasteiger partial charge is 0.489 e. The summed E-state index contributed by atoms with van der Waals surface area (Å²) in [5, 5.41) is 0.562. The molecule has 1 unspecified atom stereocenters. The minimum Gasteiger partial charge on any atom is -0.489 e. The summed E-state index contributed by atoms with van der Waals surface area (Å²) >= 11 is 5.87. The fourth-order valence-electron chi connectivity index (χ4n) is 2.41. The molecule has 0 spiro atoms. The van der Waals surface area contributed by atoms with Crippen molar-refractivity contribution >= 4 is 17.4 Å². The van der Waals surface area contributed by atoms with Crippen LogP contribution < -0.4 is 4.74 Å². The molecule has 0 N–H and O–H groups in total. The summed E-state index contributed by atoms with van der Waals surface area (Å²) in [7, 11) is 0. The number of ether oxygens (including phenoxy) is 1. The van der Waals surface area contributed by atoms with Gasteiger partial charge in [-0.05, 0) is 76.0 Å². The zero-order valence-electron chi connectivity index (χ0n) is 12.3. The van der Waals surface area contributed by atoms with Crippen LogP contribution in [0.4, 0.5) is 0 Å². The molecule has 2 aliphatic carbocycles. The van der Waals surface area contributed by atoms with Crippen LogP contribution in [0.1, 0.15) is 16.8 Å². The first-order valence-electron chi connectivity index (χ1n) is 7.12. The van der Waals surface area contributed by atoms with Crippen LogP contribution in [0.5, 0.6) is 5.75 Å². The molecule has 0 aromatic heterocycles. The van der Waals surface area contributed by atoms with Gasteiger partial charge in [0.25, 0.3) is 0 Å². The Hall–Kier alpha value is -0.501. The molecule has 1 aromatic rings. The summed E-state index contributed by atoms with van der Waals surface area (Å²) in [5.41, 5.74) is 0.584. The quantitative estimate of drug-likeness (QED) is 0.700. The van der Waals surface area contributed by atoms with Crippen LogP contribution in [-0.2, 0) is 17.1 Å². The second kappa shape index (κ2) is 9.11. The van der Waals surface area contributed by atoms with Gasteiger partial charge in [-0.1, -0.05) is 11.6 Å². The third kappa shape index (κ3) is 4.98. The topological polar surface area (TPSA) is 26.3 Å². The molecule has 1 aliphatic heterocycles. The maximum Gasteiger partial charge on any atom is 2.00 e. The fraction of sp³-hybridized carbons (Fsp3) is 0.105. The standard InChI is InChI=1S/C14H10ClO2.C5H5.Fe/c15-10-5-6-13-11(7-10)12(16)8-14(17-13)9-3-1-2-4-9;1-2-4-5-3-1;/h1-7,14H,8H2;1-5H;/q;;+2. The van der Waals surface area contributed by atoms with Gasteiger partial charge in [-0.15, -0.1) is 0 Å². The first-order valence-corrected chi connectivity index (χ1v) is 7.49. The van der Waals surface area contributed by atoms with Gasteiger partial charge in [0, 0.05) is 17.4 Å². The Morgan fingerprint density at radius 3 is 2.17 bits per heavy atom. The molecule has 1 heterocycles. The van der Waals surface area contributed by atoms with Crippen LogP contribution in [0, 0.1) is 63.7 Å². The third-order valence-electron chi connectivity index (χ3n) is 3.50. The predicted octanol–water partition coefficient (Wildman–Crippen LogP) is 4.10. The molecule has 0 bridgehead atoms. The molecular formula is C19H15ClFeO2+2. The van der Waals surface area contributed by atoms with E-state index in [0.29, 0.717) is 22.8 Å². The zero-order chi connectivity index (χ0) is 15.4. The van der Waals surface area contributed by atoms with Gasteiger partial charge in [-0.3, -0.25) is 4.79 Å². The third-order valence-corrected chi connectivity index (χ3v) is 3.73. The molecule has 10 radical (unpaired) electrons. The van der Waals surface area contributed by atoms with Gasteiger partial charge in [-0.25, -0.2) is 0 Å². The number of carbonyl (C=O) groups is 1. The number of ketones is 1. The van der Waals surface area contributed by atoms with E-state index < -0.39 is 0 Å². The molecule has 23 heavy (non-hydrogen) atoms. The number of hydrogen-bond acceptors (Lipinski definition) is 2.